The lowest BCUT2D eigenvalue weighted by Crippen LogP contribution is -1.96. The molecule has 0 unspecified atom stereocenters. The Morgan fingerprint density at radius 2 is 2.00 bits per heavy atom. The molecular formula is C9H7NO. The number of fused-ring (bicyclic) bond motifs is 1. The molecule has 2 rings (SSSR count). The monoisotopic (exact) mass is 145 g/mol. The lowest BCUT2D eigenvalue weighted by atomic mass is 10.1. The normalized spacial score (nSPS) is 14.5. The van der Waals surface area contributed by atoms with Crippen molar-refractivity contribution in [1.82, 2.24) is 0 Å². The van der Waals surface area contributed by atoms with Crippen molar-refractivity contribution in [3.05, 3.63) is 42.1 Å². The zero-order valence-corrected chi connectivity index (χ0v) is 5.92. The van der Waals surface area contributed by atoms with Crippen LogP contribution in [0.5, 0.6) is 0 Å². The van der Waals surface area contributed by atoms with Gasteiger partial charge in [0.15, 0.2) is 0 Å². The maximum atomic E-state index is 11.2. The van der Waals surface area contributed by atoms with E-state index in [1.54, 1.807) is 6.07 Å². The molecule has 1 heterocycles. The summed E-state index contributed by atoms with van der Waals surface area (Å²) in [6.45, 7) is 3.59. The van der Waals surface area contributed by atoms with E-state index in [0.717, 1.165) is 11.3 Å². The number of hydrogen-bond donors (Lipinski definition) is 1. The molecular weight excluding hydrogens is 138 g/mol. The van der Waals surface area contributed by atoms with Gasteiger partial charge in [-0.15, -0.1) is 0 Å². The van der Waals surface area contributed by atoms with Crippen molar-refractivity contribution >= 4 is 11.5 Å². The van der Waals surface area contributed by atoms with Gasteiger partial charge < -0.3 is 5.32 Å². The molecule has 0 aliphatic carbocycles. The second-order valence-electron chi connectivity index (χ2n) is 2.48. The van der Waals surface area contributed by atoms with E-state index in [1.807, 2.05) is 18.2 Å². The van der Waals surface area contributed by atoms with E-state index in [4.69, 9.17) is 0 Å². The van der Waals surface area contributed by atoms with E-state index < -0.39 is 0 Å². The number of para-hydroxylation sites is 1. The van der Waals surface area contributed by atoms with Crippen molar-refractivity contribution in [2.75, 3.05) is 5.32 Å². The Balaban J connectivity index is 2.64. The number of Topliss-reactive ketones (excluding diaryl/α,β-unsaturated/α-hetero) is 1. The molecule has 0 spiro atoms. The van der Waals surface area contributed by atoms with Gasteiger partial charge in [-0.2, -0.15) is 0 Å². The molecule has 0 saturated carbocycles. The zero-order valence-electron chi connectivity index (χ0n) is 5.92. The van der Waals surface area contributed by atoms with Crippen molar-refractivity contribution < 1.29 is 4.79 Å². The quantitative estimate of drug-likeness (QED) is 0.564. The molecule has 1 aromatic carbocycles. The van der Waals surface area contributed by atoms with Gasteiger partial charge in [-0.25, -0.2) is 0 Å². The van der Waals surface area contributed by atoms with Crippen LogP contribution in [0.1, 0.15) is 10.4 Å². The number of carbonyl (C=O) groups excluding carboxylic acids is 1. The number of nitrogens with one attached hydrogen (secondary N) is 1. The van der Waals surface area contributed by atoms with Crippen molar-refractivity contribution in [1.29, 1.82) is 0 Å². The van der Waals surface area contributed by atoms with Gasteiger partial charge in [0.05, 0.1) is 5.70 Å². The third kappa shape index (κ3) is 0.759. The molecule has 0 saturated heterocycles. The summed E-state index contributed by atoms with van der Waals surface area (Å²) < 4.78 is 0. The average Bonchev–Trinajstić information content (AvgIpc) is 2.30. The summed E-state index contributed by atoms with van der Waals surface area (Å²) in [5.74, 6) is 0.000556. The van der Waals surface area contributed by atoms with Crippen LogP contribution < -0.4 is 5.32 Å². The van der Waals surface area contributed by atoms with Gasteiger partial charge in [-0.1, -0.05) is 18.7 Å². The lowest BCUT2D eigenvalue weighted by molar-refractivity contribution is 0.104. The predicted molar refractivity (Wildman–Crippen MR) is 43.5 cm³/mol. The largest absolute Gasteiger partial charge is 0.352 e. The zero-order chi connectivity index (χ0) is 7.84. The Kier molecular flexibility index (Phi) is 1.09. The van der Waals surface area contributed by atoms with Crippen molar-refractivity contribution in [2.24, 2.45) is 0 Å². The van der Waals surface area contributed by atoms with Gasteiger partial charge in [0.25, 0.3) is 0 Å². The number of benzene rings is 1. The molecule has 0 atom stereocenters. The van der Waals surface area contributed by atoms with Gasteiger partial charge >= 0.3 is 0 Å². The Labute approximate surface area is 64.5 Å². The first kappa shape index (κ1) is 6.16. The van der Waals surface area contributed by atoms with E-state index in [9.17, 15) is 4.79 Å². The Hall–Kier alpha value is -1.57. The standard InChI is InChI=1S/C9H7NO/c1-6-9(11)7-4-2-3-5-8(7)10-6/h2-5,10H,1H2. The first-order valence-corrected chi connectivity index (χ1v) is 3.39. The highest BCUT2D eigenvalue weighted by atomic mass is 16.1. The molecule has 2 nitrogen and oxygen atoms in total. The third-order valence-electron chi connectivity index (χ3n) is 1.73. The number of carbonyl (C=O) groups is 1. The summed E-state index contributed by atoms with van der Waals surface area (Å²) >= 11 is 0. The fourth-order valence-electron chi connectivity index (χ4n) is 1.17. The molecule has 0 aromatic heterocycles. The van der Waals surface area contributed by atoms with E-state index in [2.05, 4.69) is 11.9 Å². The highest BCUT2D eigenvalue weighted by Crippen LogP contribution is 2.25. The Morgan fingerprint density at radius 3 is 2.73 bits per heavy atom. The minimum Gasteiger partial charge on any atom is -0.352 e. The lowest BCUT2D eigenvalue weighted by Gasteiger charge is -1.93. The van der Waals surface area contributed by atoms with Crippen LogP contribution in [0.15, 0.2) is 36.5 Å². The molecule has 0 bridgehead atoms. The molecule has 0 fully saturated rings. The smallest absolute Gasteiger partial charge is 0.210 e. The second-order valence-corrected chi connectivity index (χ2v) is 2.48. The highest BCUT2D eigenvalue weighted by molar-refractivity contribution is 6.17. The van der Waals surface area contributed by atoms with Gasteiger partial charge in [-0.05, 0) is 12.1 Å². The number of rotatable bonds is 0. The van der Waals surface area contributed by atoms with Crippen LogP contribution >= 0.6 is 0 Å². The fraction of sp³-hybridized carbons (Fsp3) is 0. The maximum Gasteiger partial charge on any atom is 0.210 e. The first-order chi connectivity index (χ1) is 5.29. The van der Waals surface area contributed by atoms with Gasteiger partial charge in [0.1, 0.15) is 0 Å². The molecule has 1 aliphatic heterocycles. The van der Waals surface area contributed by atoms with Crippen LogP contribution in [-0.2, 0) is 0 Å². The number of allylic oxidation sites excluding steroid dienone is 1. The molecule has 1 N–H and O–H groups in total. The summed E-state index contributed by atoms with van der Waals surface area (Å²) in [5, 5.41) is 2.90. The number of anilines is 1. The van der Waals surface area contributed by atoms with Gasteiger partial charge in [-0.3, -0.25) is 4.79 Å². The minimum atomic E-state index is 0.000556. The van der Waals surface area contributed by atoms with Gasteiger partial charge in [0, 0.05) is 11.3 Å². The van der Waals surface area contributed by atoms with Crippen molar-refractivity contribution in [3.63, 3.8) is 0 Å². The minimum absolute atomic E-state index is 0.000556. The average molecular weight is 145 g/mol. The highest BCUT2D eigenvalue weighted by Gasteiger charge is 2.21. The maximum absolute atomic E-state index is 11.2. The Morgan fingerprint density at radius 1 is 1.27 bits per heavy atom. The van der Waals surface area contributed by atoms with E-state index in [-0.39, 0.29) is 5.78 Å². The number of hydrogen-bond acceptors (Lipinski definition) is 2. The molecule has 11 heavy (non-hydrogen) atoms. The third-order valence-corrected chi connectivity index (χ3v) is 1.73. The predicted octanol–water partition coefficient (Wildman–Crippen LogP) is 1.81. The summed E-state index contributed by atoms with van der Waals surface area (Å²) in [6.07, 6.45) is 0. The van der Waals surface area contributed by atoms with Crippen LogP contribution in [-0.4, -0.2) is 5.78 Å². The van der Waals surface area contributed by atoms with E-state index in [1.165, 1.54) is 0 Å². The summed E-state index contributed by atoms with van der Waals surface area (Å²) in [4.78, 5) is 11.2. The van der Waals surface area contributed by atoms with Crippen LogP contribution in [0.2, 0.25) is 0 Å². The van der Waals surface area contributed by atoms with Crippen LogP contribution in [0.3, 0.4) is 0 Å². The molecule has 0 radical (unpaired) electrons. The summed E-state index contributed by atoms with van der Waals surface area (Å²) in [6, 6.07) is 7.39. The van der Waals surface area contributed by atoms with Crippen LogP contribution in [0.4, 0.5) is 5.69 Å². The molecule has 1 aliphatic rings. The number of ketones is 1. The van der Waals surface area contributed by atoms with Crippen molar-refractivity contribution in [2.45, 2.75) is 0 Å². The topological polar surface area (TPSA) is 29.1 Å². The molecule has 1 aromatic rings. The first-order valence-electron chi connectivity index (χ1n) is 3.39. The molecule has 0 amide bonds. The summed E-state index contributed by atoms with van der Waals surface area (Å²) in [5.41, 5.74) is 2.05. The van der Waals surface area contributed by atoms with Crippen LogP contribution in [0.25, 0.3) is 0 Å². The molecule has 54 valence electrons. The van der Waals surface area contributed by atoms with Crippen molar-refractivity contribution in [3.8, 4) is 0 Å². The van der Waals surface area contributed by atoms with Gasteiger partial charge in [0.2, 0.25) is 5.78 Å². The molecule has 2 heteroatoms. The Bertz CT molecular complexity index is 341. The summed E-state index contributed by atoms with van der Waals surface area (Å²) in [7, 11) is 0. The van der Waals surface area contributed by atoms with E-state index in [0.29, 0.717) is 5.70 Å². The second kappa shape index (κ2) is 1.95. The SMILES string of the molecule is C=C1Nc2ccccc2C1=O. The van der Waals surface area contributed by atoms with E-state index >= 15 is 0 Å². The fourth-order valence-corrected chi connectivity index (χ4v) is 1.17. The van der Waals surface area contributed by atoms with Crippen LogP contribution in [0, 0.1) is 0 Å².